The Morgan fingerprint density at radius 3 is 0.923 bits per heavy atom. The van der Waals surface area contributed by atoms with Gasteiger partial charge in [0.2, 0.25) is 0 Å². The van der Waals surface area contributed by atoms with Crippen LogP contribution in [0.25, 0.3) is 33.4 Å². The summed E-state index contributed by atoms with van der Waals surface area (Å²) in [5.41, 5.74) is 4.15. The number of phenolic OH excluding ortho intramolecular Hbond substituents is 2. The van der Waals surface area contributed by atoms with E-state index in [0.29, 0.717) is 55.6 Å². The molecule has 4 aromatic rings. The SMILES string of the molecule is COC(=O)c1cc(C(=O)OC)cc(-c2cc(C(C)(C)C)c(O)c(-c3c(C)c(-c4cc(C(=O)OC)cc(C(=O)OC)c4)cc(C(C)(C)C)c3O)c2C)c1. The van der Waals surface area contributed by atoms with E-state index in [0.717, 1.165) is 0 Å². The highest BCUT2D eigenvalue weighted by molar-refractivity contribution is 6.00. The molecule has 0 aromatic heterocycles. The number of hydrogen-bond acceptors (Lipinski definition) is 10. The first kappa shape index (κ1) is 39.2. The van der Waals surface area contributed by atoms with Crippen molar-refractivity contribution in [1.82, 2.24) is 0 Å². The second kappa shape index (κ2) is 14.5. The third kappa shape index (κ3) is 7.37. The van der Waals surface area contributed by atoms with Gasteiger partial charge in [0.25, 0.3) is 0 Å². The third-order valence-corrected chi connectivity index (χ3v) is 9.16. The zero-order chi connectivity index (χ0) is 39.0. The van der Waals surface area contributed by atoms with Crippen molar-refractivity contribution >= 4 is 23.9 Å². The van der Waals surface area contributed by atoms with Crippen molar-refractivity contribution in [2.75, 3.05) is 28.4 Å². The number of carbonyl (C=O) groups is 4. The predicted molar refractivity (Wildman–Crippen MR) is 198 cm³/mol. The predicted octanol–water partition coefficient (Wildman–Crippen LogP) is 8.46. The smallest absolute Gasteiger partial charge is 0.337 e. The Morgan fingerprint density at radius 2 is 0.712 bits per heavy atom. The zero-order valence-corrected chi connectivity index (χ0v) is 31.8. The van der Waals surface area contributed by atoms with Crippen LogP contribution >= 0.6 is 0 Å². The highest BCUT2D eigenvalue weighted by atomic mass is 16.5. The lowest BCUT2D eigenvalue weighted by Crippen LogP contribution is -2.15. The molecule has 10 heteroatoms. The molecule has 0 aliphatic rings. The Kier molecular flexibility index (Phi) is 10.9. The summed E-state index contributed by atoms with van der Waals surface area (Å²) in [6.07, 6.45) is 0. The highest BCUT2D eigenvalue weighted by Gasteiger charge is 2.31. The van der Waals surface area contributed by atoms with E-state index in [4.69, 9.17) is 18.9 Å². The Balaban J connectivity index is 2.24. The molecule has 2 N–H and O–H groups in total. The van der Waals surface area contributed by atoms with Gasteiger partial charge in [-0.15, -0.1) is 0 Å². The molecule has 0 bridgehead atoms. The molecule has 0 heterocycles. The van der Waals surface area contributed by atoms with Crippen LogP contribution in [0, 0.1) is 13.8 Å². The van der Waals surface area contributed by atoms with Gasteiger partial charge in [-0.25, -0.2) is 19.2 Å². The monoisotopic (exact) mass is 710 g/mol. The summed E-state index contributed by atoms with van der Waals surface area (Å²) < 4.78 is 19.9. The molecule has 52 heavy (non-hydrogen) atoms. The van der Waals surface area contributed by atoms with Crippen LogP contribution in [0.3, 0.4) is 0 Å². The van der Waals surface area contributed by atoms with Gasteiger partial charge in [-0.3, -0.25) is 0 Å². The molecule has 0 saturated carbocycles. The van der Waals surface area contributed by atoms with Gasteiger partial charge in [-0.2, -0.15) is 0 Å². The quantitative estimate of drug-likeness (QED) is 0.142. The van der Waals surface area contributed by atoms with Gasteiger partial charge in [-0.1, -0.05) is 41.5 Å². The van der Waals surface area contributed by atoms with Gasteiger partial charge in [0, 0.05) is 22.3 Å². The molecule has 0 saturated heterocycles. The largest absolute Gasteiger partial charge is 0.507 e. The average molecular weight is 711 g/mol. The Labute approximate surface area is 304 Å². The molecule has 0 aliphatic heterocycles. The van der Waals surface area contributed by atoms with Gasteiger partial charge >= 0.3 is 23.9 Å². The van der Waals surface area contributed by atoms with Crippen molar-refractivity contribution in [2.24, 2.45) is 0 Å². The van der Waals surface area contributed by atoms with E-state index in [1.807, 2.05) is 53.7 Å². The van der Waals surface area contributed by atoms with Crippen molar-refractivity contribution in [3.8, 4) is 44.9 Å². The van der Waals surface area contributed by atoms with Crippen molar-refractivity contribution in [1.29, 1.82) is 0 Å². The first-order chi connectivity index (χ1) is 24.2. The molecule has 4 rings (SSSR count). The Bertz CT molecular complexity index is 1890. The molecule has 4 aromatic carbocycles. The van der Waals surface area contributed by atoms with E-state index in [1.54, 1.807) is 38.1 Å². The Morgan fingerprint density at radius 1 is 0.462 bits per heavy atom. The number of phenols is 2. The molecule has 10 nitrogen and oxygen atoms in total. The van der Waals surface area contributed by atoms with Crippen LogP contribution in [0.5, 0.6) is 11.5 Å². The van der Waals surface area contributed by atoms with Crippen molar-refractivity contribution in [3.63, 3.8) is 0 Å². The Hall–Kier alpha value is -5.64. The van der Waals surface area contributed by atoms with E-state index in [9.17, 15) is 29.4 Å². The fraction of sp³-hybridized carbons (Fsp3) is 0.333. The molecular formula is C42H46O10. The minimum Gasteiger partial charge on any atom is -0.507 e. The molecule has 0 unspecified atom stereocenters. The number of hydrogen-bond donors (Lipinski definition) is 2. The highest BCUT2D eigenvalue weighted by Crippen LogP contribution is 2.52. The standard InChI is InChI=1S/C42H46O10/c1-21-29(23-13-25(37(45)49-9)17-26(14-23)38(46)50-10)19-31(41(3,4)5)35(43)33(21)34-22(2)30(20-32(36(34)44)42(6,7)8)24-15-27(39(47)51-11)18-28(16-24)40(48)52-12/h13-20,43-44H,1-12H3. The normalized spacial score (nSPS) is 11.5. The number of rotatable bonds is 7. The number of benzene rings is 4. The lowest BCUT2D eigenvalue weighted by Gasteiger charge is -2.29. The maximum atomic E-state index is 12.8. The van der Waals surface area contributed by atoms with E-state index in [-0.39, 0.29) is 33.8 Å². The fourth-order valence-electron chi connectivity index (χ4n) is 6.40. The molecule has 0 atom stereocenters. The number of aromatic hydroxyl groups is 2. The minimum absolute atomic E-state index is 0.0694. The van der Waals surface area contributed by atoms with Crippen LogP contribution in [0.1, 0.15) is 105 Å². The number of ether oxygens (including phenoxy) is 4. The summed E-state index contributed by atoms with van der Waals surface area (Å²) >= 11 is 0. The van der Waals surface area contributed by atoms with Crippen LogP contribution in [0.2, 0.25) is 0 Å². The first-order valence-electron chi connectivity index (χ1n) is 16.6. The average Bonchev–Trinajstić information content (AvgIpc) is 3.09. The number of esters is 4. The van der Waals surface area contributed by atoms with E-state index < -0.39 is 34.7 Å². The maximum Gasteiger partial charge on any atom is 0.337 e. The number of carbonyl (C=O) groups excluding carboxylic acids is 4. The summed E-state index contributed by atoms with van der Waals surface area (Å²) in [5.74, 6) is -2.76. The molecule has 0 fully saturated rings. The van der Waals surface area contributed by atoms with Crippen LogP contribution in [-0.2, 0) is 29.8 Å². The molecule has 0 amide bonds. The fourth-order valence-corrected chi connectivity index (χ4v) is 6.40. The van der Waals surface area contributed by atoms with E-state index in [1.165, 1.54) is 40.6 Å². The van der Waals surface area contributed by atoms with Crippen molar-refractivity contribution in [2.45, 2.75) is 66.2 Å². The van der Waals surface area contributed by atoms with Crippen LogP contribution in [0.15, 0.2) is 48.5 Å². The van der Waals surface area contributed by atoms with Crippen molar-refractivity contribution < 1.29 is 48.3 Å². The van der Waals surface area contributed by atoms with Gasteiger partial charge in [0.05, 0.1) is 50.7 Å². The molecule has 0 spiro atoms. The lowest BCUT2D eigenvalue weighted by molar-refractivity contribution is 0.0581. The van der Waals surface area contributed by atoms with Gasteiger partial charge < -0.3 is 29.2 Å². The van der Waals surface area contributed by atoms with E-state index >= 15 is 0 Å². The summed E-state index contributed by atoms with van der Waals surface area (Å²) in [5, 5.41) is 24.4. The molecule has 0 radical (unpaired) electrons. The molecule has 274 valence electrons. The summed E-state index contributed by atoms with van der Waals surface area (Å²) in [7, 11) is 4.98. The van der Waals surface area contributed by atoms with Crippen LogP contribution in [-0.4, -0.2) is 62.5 Å². The lowest BCUT2D eigenvalue weighted by atomic mass is 9.76. The summed E-state index contributed by atoms with van der Waals surface area (Å²) in [6, 6.07) is 12.8. The summed E-state index contributed by atoms with van der Waals surface area (Å²) in [4.78, 5) is 51.1. The summed E-state index contributed by atoms with van der Waals surface area (Å²) in [6.45, 7) is 15.2. The topological polar surface area (TPSA) is 146 Å². The first-order valence-corrected chi connectivity index (χ1v) is 16.6. The zero-order valence-electron chi connectivity index (χ0n) is 31.8. The third-order valence-electron chi connectivity index (χ3n) is 9.16. The van der Waals surface area contributed by atoms with E-state index in [2.05, 4.69) is 0 Å². The molecule has 0 aliphatic carbocycles. The molecular weight excluding hydrogens is 664 g/mol. The second-order valence-electron chi connectivity index (χ2n) is 14.7. The number of methoxy groups -OCH3 is 4. The van der Waals surface area contributed by atoms with Gasteiger partial charge in [-0.05, 0) is 107 Å². The maximum absolute atomic E-state index is 12.8. The second-order valence-corrected chi connectivity index (χ2v) is 14.7. The van der Waals surface area contributed by atoms with Crippen molar-refractivity contribution in [3.05, 3.63) is 93.0 Å². The van der Waals surface area contributed by atoms with Crippen LogP contribution in [0.4, 0.5) is 0 Å². The minimum atomic E-state index is -0.656. The van der Waals surface area contributed by atoms with Gasteiger partial charge in [0.15, 0.2) is 0 Å². The van der Waals surface area contributed by atoms with Crippen LogP contribution < -0.4 is 0 Å². The van der Waals surface area contributed by atoms with Gasteiger partial charge in [0.1, 0.15) is 11.5 Å².